The molecule has 1 aliphatic rings. The van der Waals surface area contributed by atoms with Crippen LogP contribution in [-0.4, -0.2) is 22.3 Å². The van der Waals surface area contributed by atoms with Crippen molar-refractivity contribution in [3.05, 3.63) is 65.8 Å². The van der Waals surface area contributed by atoms with Gasteiger partial charge in [0.2, 0.25) is 5.91 Å². The van der Waals surface area contributed by atoms with Gasteiger partial charge in [-0.1, -0.05) is 6.58 Å². The summed E-state index contributed by atoms with van der Waals surface area (Å²) in [4.78, 5) is 17.5. The molecule has 0 radical (unpaired) electrons. The topological polar surface area (TPSA) is 42.4 Å². The molecular weight excluding hydrogens is 352 g/mol. The third-order valence-corrected chi connectivity index (χ3v) is 3.99. The van der Waals surface area contributed by atoms with Gasteiger partial charge in [-0.3, -0.25) is 9.78 Å². The van der Waals surface area contributed by atoms with E-state index in [2.05, 4.69) is 11.6 Å². The minimum Gasteiger partial charge on any atom is -0.456 e. The van der Waals surface area contributed by atoms with E-state index in [0.29, 0.717) is 37.3 Å². The number of fused-ring (bicyclic) bond motifs is 1. The Bertz CT molecular complexity index is 865. The number of amides is 1. The maximum absolute atomic E-state index is 13.6. The summed E-state index contributed by atoms with van der Waals surface area (Å²) >= 11 is 0. The molecule has 26 heavy (non-hydrogen) atoms. The van der Waals surface area contributed by atoms with Crippen LogP contribution in [0, 0.1) is 5.82 Å². The van der Waals surface area contributed by atoms with Crippen LogP contribution in [0.5, 0.6) is 11.5 Å². The van der Waals surface area contributed by atoms with Crippen molar-refractivity contribution < 1.29 is 27.1 Å². The van der Waals surface area contributed by atoms with Crippen molar-refractivity contribution in [1.82, 2.24) is 9.88 Å². The molecule has 0 fully saturated rings. The Balaban J connectivity index is 1.77. The van der Waals surface area contributed by atoms with Gasteiger partial charge in [0, 0.05) is 12.6 Å². The van der Waals surface area contributed by atoms with Gasteiger partial charge in [0.05, 0.1) is 24.0 Å². The Morgan fingerprint density at radius 2 is 2.04 bits per heavy atom. The number of carbonyl (C=O) groups is 1. The predicted octanol–water partition coefficient (Wildman–Crippen LogP) is 4.10. The third-order valence-electron chi connectivity index (χ3n) is 3.99. The molecule has 1 amide bonds. The third kappa shape index (κ3) is 3.68. The average Bonchev–Trinajstić information content (AvgIpc) is 2.59. The molecule has 1 aliphatic heterocycles. The number of benzene rings is 1. The van der Waals surface area contributed by atoms with E-state index in [-0.39, 0.29) is 17.4 Å². The molecule has 0 saturated carbocycles. The van der Waals surface area contributed by atoms with Gasteiger partial charge in [-0.15, -0.1) is 0 Å². The standard InChI is InChI=1S/C18H14F4N2O2/c1-2-17(25)24-6-5-11-7-13(9-23-16(11)10-24)26-12-3-4-14(15(19)8-12)18(20,21)22/h2-4,7-9H,1,5-6,10H2. The highest BCUT2D eigenvalue weighted by atomic mass is 19.4. The second-order valence-electron chi connectivity index (χ2n) is 5.73. The first kappa shape index (κ1) is 17.9. The molecule has 1 aromatic carbocycles. The number of nitrogens with zero attached hydrogens (tertiary/aromatic N) is 2. The van der Waals surface area contributed by atoms with E-state index in [1.165, 1.54) is 12.3 Å². The summed E-state index contributed by atoms with van der Waals surface area (Å²) in [5, 5.41) is 0. The normalized spacial score (nSPS) is 13.9. The largest absolute Gasteiger partial charge is 0.456 e. The highest BCUT2D eigenvalue weighted by Crippen LogP contribution is 2.34. The van der Waals surface area contributed by atoms with E-state index in [0.717, 1.165) is 11.6 Å². The summed E-state index contributed by atoms with van der Waals surface area (Å²) in [6.07, 6.45) is -1.58. The number of hydrogen-bond donors (Lipinski definition) is 0. The minimum atomic E-state index is -4.76. The van der Waals surface area contributed by atoms with E-state index in [1.54, 1.807) is 11.0 Å². The zero-order valence-corrected chi connectivity index (χ0v) is 13.5. The van der Waals surface area contributed by atoms with Crippen LogP contribution in [-0.2, 0) is 23.9 Å². The van der Waals surface area contributed by atoms with Crippen molar-refractivity contribution in [1.29, 1.82) is 0 Å². The van der Waals surface area contributed by atoms with Crippen molar-refractivity contribution in [3.8, 4) is 11.5 Å². The molecule has 0 aliphatic carbocycles. The lowest BCUT2D eigenvalue weighted by Crippen LogP contribution is -2.35. The number of aromatic nitrogens is 1. The maximum Gasteiger partial charge on any atom is 0.419 e. The predicted molar refractivity (Wildman–Crippen MR) is 85.0 cm³/mol. The molecule has 3 rings (SSSR count). The second-order valence-corrected chi connectivity index (χ2v) is 5.73. The van der Waals surface area contributed by atoms with Crippen LogP contribution in [0.1, 0.15) is 16.8 Å². The molecule has 0 spiro atoms. The van der Waals surface area contributed by atoms with Gasteiger partial charge >= 0.3 is 6.18 Å². The first-order valence-electron chi connectivity index (χ1n) is 7.71. The highest BCUT2D eigenvalue weighted by Gasteiger charge is 2.34. The zero-order valence-electron chi connectivity index (χ0n) is 13.5. The van der Waals surface area contributed by atoms with Crippen LogP contribution < -0.4 is 4.74 Å². The summed E-state index contributed by atoms with van der Waals surface area (Å²) in [6, 6.07) is 4.06. The van der Waals surface area contributed by atoms with Crippen LogP contribution in [0.4, 0.5) is 17.6 Å². The quantitative estimate of drug-likeness (QED) is 0.607. The Hall–Kier alpha value is -2.90. The average molecular weight is 366 g/mol. The van der Waals surface area contributed by atoms with Crippen LogP contribution >= 0.6 is 0 Å². The van der Waals surface area contributed by atoms with Gasteiger partial charge in [0.1, 0.15) is 17.3 Å². The fourth-order valence-corrected chi connectivity index (χ4v) is 2.69. The van der Waals surface area contributed by atoms with E-state index in [1.807, 2.05) is 0 Å². The van der Waals surface area contributed by atoms with Crippen LogP contribution in [0.25, 0.3) is 0 Å². The van der Waals surface area contributed by atoms with Crippen molar-refractivity contribution in [3.63, 3.8) is 0 Å². The molecule has 0 bridgehead atoms. The number of halogens is 4. The summed E-state index contributed by atoms with van der Waals surface area (Å²) in [5.74, 6) is -1.36. The van der Waals surface area contributed by atoms with Crippen molar-refractivity contribution in [2.45, 2.75) is 19.1 Å². The minimum absolute atomic E-state index is 0.0588. The molecule has 0 N–H and O–H groups in total. The molecule has 2 heterocycles. The van der Waals surface area contributed by atoms with Crippen molar-refractivity contribution in [2.75, 3.05) is 6.54 Å². The molecular formula is C18H14F4N2O2. The number of pyridine rings is 1. The molecule has 4 nitrogen and oxygen atoms in total. The van der Waals surface area contributed by atoms with Crippen molar-refractivity contribution >= 4 is 5.91 Å². The first-order chi connectivity index (χ1) is 12.3. The number of carbonyl (C=O) groups excluding carboxylic acids is 1. The zero-order chi connectivity index (χ0) is 18.9. The van der Waals surface area contributed by atoms with Gasteiger partial charge in [-0.05, 0) is 36.3 Å². The Labute approximate surface area is 146 Å². The van der Waals surface area contributed by atoms with E-state index in [9.17, 15) is 22.4 Å². The van der Waals surface area contributed by atoms with Gasteiger partial charge in [-0.25, -0.2) is 4.39 Å². The van der Waals surface area contributed by atoms with Crippen LogP contribution in [0.15, 0.2) is 43.1 Å². The lowest BCUT2D eigenvalue weighted by atomic mass is 10.0. The molecule has 136 valence electrons. The molecule has 8 heteroatoms. The molecule has 2 aromatic rings. The fraction of sp³-hybridized carbons (Fsp3) is 0.222. The first-order valence-corrected chi connectivity index (χ1v) is 7.71. The number of hydrogen-bond acceptors (Lipinski definition) is 3. The number of alkyl halides is 3. The van der Waals surface area contributed by atoms with Crippen molar-refractivity contribution in [2.24, 2.45) is 0 Å². The lowest BCUT2D eigenvalue weighted by Gasteiger charge is -2.27. The SMILES string of the molecule is C=CC(=O)N1CCc2cc(Oc3ccc(C(F)(F)F)c(F)c3)cnc2C1. The second kappa shape index (κ2) is 6.78. The van der Waals surface area contributed by atoms with E-state index < -0.39 is 17.6 Å². The van der Waals surface area contributed by atoms with Gasteiger partial charge in [-0.2, -0.15) is 13.2 Å². The molecule has 0 atom stereocenters. The maximum atomic E-state index is 13.6. The van der Waals surface area contributed by atoms with Crippen LogP contribution in [0.2, 0.25) is 0 Å². The Kier molecular flexibility index (Phi) is 4.67. The van der Waals surface area contributed by atoms with Gasteiger partial charge in [0.25, 0.3) is 0 Å². The summed E-state index contributed by atoms with van der Waals surface area (Å²) < 4.78 is 56.8. The summed E-state index contributed by atoms with van der Waals surface area (Å²) in [6.45, 7) is 4.29. The van der Waals surface area contributed by atoms with Gasteiger partial charge < -0.3 is 9.64 Å². The Morgan fingerprint density at radius 3 is 2.69 bits per heavy atom. The monoisotopic (exact) mass is 366 g/mol. The summed E-state index contributed by atoms with van der Waals surface area (Å²) in [7, 11) is 0. The Morgan fingerprint density at radius 1 is 1.27 bits per heavy atom. The molecule has 0 saturated heterocycles. The molecule has 0 unspecified atom stereocenters. The fourth-order valence-electron chi connectivity index (χ4n) is 2.69. The van der Waals surface area contributed by atoms with E-state index >= 15 is 0 Å². The van der Waals surface area contributed by atoms with Gasteiger partial charge in [0.15, 0.2) is 0 Å². The lowest BCUT2D eigenvalue weighted by molar-refractivity contribution is -0.140. The summed E-state index contributed by atoms with van der Waals surface area (Å²) in [5.41, 5.74) is 0.223. The molecule has 1 aromatic heterocycles. The smallest absolute Gasteiger partial charge is 0.419 e. The number of rotatable bonds is 3. The highest BCUT2D eigenvalue weighted by molar-refractivity contribution is 5.87. The van der Waals surface area contributed by atoms with E-state index in [4.69, 9.17) is 4.74 Å². The van der Waals surface area contributed by atoms with Crippen LogP contribution in [0.3, 0.4) is 0 Å². The number of ether oxygens (including phenoxy) is 1.